The number of amides is 1. The molecule has 1 saturated heterocycles. The predicted octanol–water partition coefficient (Wildman–Crippen LogP) is 3.95. The van der Waals surface area contributed by atoms with E-state index in [-0.39, 0.29) is 5.92 Å². The highest BCUT2D eigenvalue weighted by Crippen LogP contribution is 2.44. The highest BCUT2D eigenvalue weighted by Gasteiger charge is 2.29. The number of carbonyl (C=O) groups excluding carboxylic acids is 1. The van der Waals surface area contributed by atoms with Crippen LogP contribution in [0.4, 0.5) is 4.79 Å². The second-order valence-electron chi connectivity index (χ2n) is 6.77. The second kappa shape index (κ2) is 7.46. The van der Waals surface area contributed by atoms with Gasteiger partial charge in [0.15, 0.2) is 0 Å². The molecule has 0 spiro atoms. The third kappa shape index (κ3) is 3.31. The van der Waals surface area contributed by atoms with Gasteiger partial charge in [-0.05, 0) is 35.1 Å². The predicted molar refractivity (Wildman–Crippen MR) is 106 cm³/mol. The fourth-order valence-corrected chi connectivity index (χ4v) is 4.13. The van der Waals surface area contributed by atoms with Crippen LogP contribution in [0.15, 0.2) is 48.5 Å². The molecule has 0 bridgehead atoms. The van der Waals surface area contributed by atoms with E-state index >= 15 is 0 Å². The molecule has 1 aliphatic carbocycles. The smallest absolute Gasteiger partial charge is 0.407 e. The minimum Gasteiger partial charge on any atom is -0.449 e. The molecule has 0 unspecified atom stereocenters. The molecule has 0 aromatic heterocycles. The number of fused-ring (bicyclic) bond motifs is 3. The van der Waals surface area contributed by atoms with Crippen LogP contribution in [0.1, 0.15) is 29.9 Å². The molecule has 0 saturated carbocycles. The summed E-state index contributed by atoms with van der Waals surface area (Å²) < 4.78 is 5.52. The maximum absolute atomic E-state index is 12.1. The number of rotatable bonds is 4. The van der Waals surface area contributed by atoms with Gasteiger partial charge < -0.3 is 15.0 Å². The minimum absolute atomic E-state index is 0.0821. The number of carbonyl (C=O) groups is 1. The number of thiocarbonyl (C=S) groups is 1. The van der Waals surface area contributed by atoms with Crippen molar-refractivity contribution in [2.45, 2.75) is 18.8 Å². The van der Waals surface area contributed by atoms with Crippen molar-refractivity contribution in [3.05, 3.63) is 59.7 Å². The lowest BCUT2D eigenvalue weighted by Crippen LogP contribution is -2.38. The van der Waals surface area contributed by atoms with Gasteiger partial charge in [0.05, 0.1) is 11.5 Å². The van der Waals surface area contributed by atoms with E-state index in [0.29, 0.717) is 13.2 Å². The third-order valence-corrected chi connectivity index (χ3v) is 5.59. The van der Waals surface area contributed by atoms with Crippen LogP contribution in [0.2, 0.25) is 0 Å². The van der Waals surface area contributed by atoms with Gasteiger partial charge in [0, 0.05) is 19.0 Å². The van der Waals surface area contributed by atoms with Gasteiger partial charge in [0.2, 0.25) is 0 Å². The number of hydrogen-bond donors (Lipinski definition) is 1. The van der Waals surface area contributed by atoms with Crippen LogP contribution in [0, 0.1) is 0 Å². The maximum atomic E-state index is 12.1. The summed E-state index contributed by atoms with van der Waals surface area (Å²) in [4.78, 5) is 15.1. The first-order valence-electron chi connectivity index (χ1n) is 9.10. The van der Waals surface area contributed by atoms with Crippen molar-refractivity contribution in [1.82, 2.24) is 10.2 Å². The SMILES string of the molecule is O=C(NCC(=S)N1CCCC1)OCC1c2ccccc2-c2ccccc21. The molecule has 2 aromatic carbocycles. The van der Waals surface area contributed by atoms with Crippen LogP contribution in [-0.4, -0.2) is 42.2 Å². The zero-order chi connectivity index (χ0) is 17.9. The second-order valence-corrected chi connectivity index (χ2v) is 7.24. The van der Waals surface area contributed by atoms with Crippen molar-refractivity contribution >= 4 is 23.3 Å². The van der Waals surface area contributed by atoms with E-state index in [0.717, 1.165) is 18.1 Å². The average Bonchev–Trinajstić information content (AvgIpc) is 3.31. The lowest BCUT2D eigenvalue weighted by molar-refractivity contribution is 0.144. The van der Waals surface area contributed by atoms with Crippen LogP contribution in [0.5, 0.6) is 0 Å². The Morgan fingerprint density at radius 1 is 1.04 bits per heavy atom. The van der Waals surface area contributed by atoms with Gasteiger partial charge in [-0.2, -0.15) is 0 Å². The molecule has 26 heavy (non-hydrogen) atoms. The van der Waals surface area contributed by atoms with Gasteiger partial charge in [-0.3, -0.25) is 0 Å². The van der Waals surface area contributed by atoms with E-state index in [1.54, 1.807) is 0 Å². The van der Waals surface area contributed by atoms with Gasteiger partial charge in [-0.25, -0.2) is 4.79 Å². The number of benzene rings is 2. The van der Waals surface area contributed by atoms with Gasteiger partial charge in [-0.15, -0.1) is 0 Å². The van der Waals surface area contributed by atoms with E-state index in [9.17, 15) is 4.79 Å². The molecular formula is C21H22N2O2S. The quantitative estimate of drug-likeness (QED) is 0.832. The van der Waals surface area contributed by atoms with E-state index in [4.69, 9.17) is 17.0 Å². The zero-order valence-corrected chi connectivity index (χ0v) is 15.4. The summed E-state index contributed by atoms with van der Waals surface area (Å²) in [7, 11) is 0. The van der Waals surface area contributed by atoms with Crippen molar-refractivity contribution in [1.29, 1.82) is 0 Å². The summed E-state index contributed by atoms with van der Waals surface area (Å²) >= 11 is 5.38. The fraction of sp³-hybridized carbons (Fsp3) is 0.333. The minimum atomic E-state index is -0.409. The summed E-state index contributed by atoms with van der Waals surface area (Å²) in [6.07, 6.45) is 1.93. The number of likely N-dealkylation sites (tertiary alicyclic amines) is 1. The molecule has 1 heterocycles. The number of nitrogens with zero attached hydrogens (tertiary/aromatic N) is 1. The molecule has 1 fully saturated rings. The molecule has 4 rings (SSSR count). The van der Waals surface area contributed by atoms with Gasteiger partial charge in [0.1, 0.15) is 6.61 Å². The largest absolute Gasteiger partial charge is 0.449 e. The molecule has 0 atom stereocenters. The first-order chi connectivity index (χ1) is 12.7. The lowest BCUT2D eigenvalue weighted by atomic mass is 9.98. The first-order valence-corrected chi connectivity index (χ1v) is 9.51. The van der Waals surface area contributed by atoms with E-state index in [1.807, 2.05) is 24.3 Å². The van der Waals surface area contributed by atoms with E-state index in [1.165, 1.54) is 35.1 Å². The molecule has 2 aliphatic rings. The number of ether oxygens (including phenoxy) is 1. The van der Waals surface area contributed by atoms with E-state index in [2.05, 4.69) is 34.5 Å². The van der Waals surface area contributed by atoms with Crippen LogP contribution in [-0.2, 0) is 4.74 Å². The van der Waals surface area contributed by atoms with Crippen molar-refractivity contribution in [3.63, 3.8) is 0 Å². The summed E-state index contributed by atoms with van der Waals surface area (Å²) in [5.41, 5.74) is 4.89. The number of nitrogens with one attached hydrogen (secondary N) is 1. The molecule has 1 amide bonds. The Morgan fingerprint density at radius 3 is 2.23 bits per heavy atom. The molecule has 2 aromatic rings. The summed E-state index contributed by atoms with van der Waals surface area (Å²) in [6.45, 7) is 2.68. The van der Waals surface area contributed by atoms with Gasteiger partial charge in [0.25, 0.3) is 0 Å². The zero-order valence-electron chi connectivity index (χ0n) is 14.6. The first kappa shape index (κ1) is 17.0. The fourth-order valence-electron chi connectivity index (χ4n) is 3.88. The number of hydrogen-bond acceptors (Lipinski definition) is 3. The topological polar surface area (TPSA) is 41.6 Å². The molecular weight excluding hydrogens is 344 g/mol. The van der Waals surface area contributed by atoms with Gasteiger partial charge in [-0.1, -0.05) is 60.7 Å². The van der Waals surface area contributed by atoms with E-state index < -0.39 is 6.09 Å². The van der Waals surface area contributed by atoms with Crippen LogP contribution in [0.25, 0.3) is 11.1 Å². The summed E-state index contributed by atoms with van der Waals surface area (Å²) in [5.74, 6) is 0.0821. The van der Waals surface area contributed by atoms with Crippen LogP contribution in [0.3, 0.4) is 0 Å². The lowest BCUT2D eigenvalue weighted by Gasteiger charge is -2.19. The van der Waals surface area contributed by atoms with Crippen molar-refractivity contribution in [2.75, 3.05) is 26.2 Å². The van der Waals surface area contributed by atoms with Crippen molar-refractivity contribution in [2.24, 2.45) is 0 Å². The Bertz CT molecular complexity index is 785. The summed E-state index contributed by atoms with van der Waals surface area (Å²) in [6, 6.07) is 16.6. The normalized spacial score (nSPS) is 15.5. The molecule has 4 nitrogen and oxygen atoms in total. The number of alkyl carbamates (subject to hydrolysis) is 1. The van der Waals surface area contributed by atoms with Crippen LogP contribution >= 0.6 is 12.2 Å². The Hall–Kier alpha value is -2.40. The monoisotopic (exact) mass is 366 g/mol. The standard InChI is InChI=1S/C21H22N2O2S/c24-21(22-13-20(26)23-11-5-6-12-23)25-14-19-17-9-3-1-7-15(17)16-8-2-4-10-18(16)19/h1-4,7-10,19H,5-6,11-14H2,(H,22,24). The van der Waals surface area contributed by atoms with Gasteiger partial charge >= 0.3 is 6.09 Å². The highest BCUT2D eigenvalue weighted by atomic mass is 32.1. The molecule has 134 valence electrons. The molecule has 0 radical (unpaired) electrons. The summed E-state index contributed by atoms with van der Waals surface area (Å²) in [5, 5.41) is 2.79. The molecule has 1 N–H and O–H groups in total. The van der Waals surface area contributed by atoms with Crippen LogP contribution < -0.4 is 5.32 Å². The third-order valence-electron chi connectivity index (χ3n) is 5.19. The Balaban J connectivity index is 1.37. The van der Waals surface area contributed by atoms with Crippen molar-refractivity contribution < 1.29 is 9.53 Å². The van der Waals surface area contributed by atoms with Crippen molar-refractivity contribution in [3.8, 4) is 11.1 Å². The Kier molecular flexibility index (Phi) is 4.89. The Labute approximate surface area is 159 Å². The molecule has 5 heteroatoms. The maximum Gasteiger partial charge on any atom is 0.407 e. The average molecular weight is 366 g/mol. The molecule has 1 aliphatic heterocycles. The Morgan fingerprint density at radius 2 is 1.62 bits per heavy atom. The highest BCUT2D eigenvalue weighted by molar-refractivity contribution is 7.80.